The van der Waals surface area contributed by atoms with E-state index in [1.54, 1.807) is 17.0 Å². The summed E-state index contributed by atoms with van der Waals surface area (Å²) in [7, 11) is 0. The van der Waals surface area contributed by atoms with E-state index >= 15 is 0 Å². The summed E-state index contributed by atoms with van der Waals surface area (Å²) < 4.78 is 13.9. The summed E-state index contributed by atoms with van der Waals surface area (Å²) in [5.74, 6) is 5.28. The van der Waals surface area contributed by atoms with Crippen LogP contribution in [0, 0.1) is 17.7 Å². The lowest BCUT2D eigenvalue weighted by Crippen LogP contribution is -2.24. The molecule has 1 saturated heterocycles. The van der Waals surface area contributed by atoms with E-state index in [9.17, 15) is 9.18 Å². The number of rotatable bonds is 3. The second-order valence-corrected chi connectivity index (χ2v) is 4.50. The van der Waals surface area contributed by atoms with Gasteiger partial charge in [-0.15, -0.1) is 0 Å². The fourth-order valence-electron chi connectivity index (χ4n) is 2.05. The average molecular weight is 261 g/mol. The van der Waals surface area contributed by atoms with Crippen molar-refractivity contribution in [1.82, 2.24) is 4.90 Å². The lowest BCUT2D eigenvalue weighted by atomic mass is 10.1. The maximum Gasteiger partial charge on any atom is 0.222 e. The van der Waals surface area contributed by atoms with Crippen LogP contribution in [0.25, 0.3) is 0 Å². The Balaban J connectivity index is 2.07. The fraction of sp³-hybridized carbons (Fsp3) is 0.400. The Morgan fingerprint density at radius 3 is 2.89 bits per heavy atom. The van der Waals surface area contributed by atoms with Crippen LogP contribution in [0.2, 0.25) is 0 Å². The highest BCUT2D eigenvalue weighted by atomic mass is 19.1. The van der Waals surface area contributed by atoms with Gasteiger partial charge in [0.15, 0.2) is 0 Å². The molecule has 1 amide bonds. The van der Waals surface area contributed by atoms with Gasteiger partial charge in [-0.1, -0.05) is 17.9 Å². The third-order valence-corrected chi connectivity index (χ3v) is 3.06. The summed E-state index contributed by atoms with van der Waals surface area (Å²) in [6, 6.07) is 4.79. The van der Waals surface area contributed by atoms with Gasteiger partial charge in [-0.2, -0.15) is 0 Å². The molecule has 1 aliphatic heterocycles. The van der Waals surface area contributed by atoms with Crippen molar-refractivity contribution in [3.05, 3.63) is 35.1 Å². The number of aliphatic hydroxyl groups is 1. The van der Waals surface area contributed by atoms with Crippen LogP contribution < -0.4 is 0 Å². The maximum absolute atomic E-state index is 13.9. The molecule has 1 fully saturated rings. The van der Waals surface area contributed by atoms with Crippen LogP contribution in [0.3, 0.4) is 0 Å². The van der Waals surface area contributed by atoms with E-state index in [1.807, 2.05) is 0 Å². The number of carbonyl (C=O) groups is 1. The maximum atomic E-state index is 13.9. The largest absolute Gasteiger partial charge is 0.395 e. The third-order valence-electron chi connectivity index (χ3n) is 3.06. The van der Waals surface area contributed by atoms with E-state index in [4.69, 9.17) is 5.11 Å². The lowest BCUT2D eigenvalue weighted by Gasteiger charge is -2.15. The number of aliphatic hydroxyl groups excluding tert-OH is 1. The van der Waals surface area contributed by atoms with Crippen molar-refractivity contribution in [3.63, 3.8) is 0 Å². The average Bonchev–Trinajstić information content (AvgIpc) is 2.79. The first-order valence-electron chi connectivity index (χ1n) is 6.36. The zero-order valence-corrected chi connectivity index (χ0v) is 10.7. The van der Waals surface area contributed by atoms with Crippen molar-refractivity contribution in [1.29, 1.82) is 0 Å². The highest BCUT2D eigenvalue weighted by Gasteiger charge is 2.21. The first kappa shape index (κ1) is 13.6. The molecule has 0 aliphatic carbocycles. The first-order chi connectivity index (χ1) is 9.20. The van der Waals surface area contributed by atoms with Gasteiger partial charge in [-0.25, -0.2) is 4.39 Å². The highest BCUT2D eigenvalue weighted by molar-refractivity contribution is 5.78. The normalized spacial score (nSPS) is 14.4. The quantitative estimate of drug-likeness (QED) is 0.841. The summed E-state index contributed by atoms with van der Waals surface area (Å²) >= 11 is 0. The third kappa shape index (κ3) is 3.55. The topological polar surface area (TPSA) is 40.5 Å². The summed E-state index contributed by atoms with van der Waals surface area (Å²) in [5, 5.41) is 8.61. The molecule has 0 saturated carbocycles. The number of amides is 1. The minimum atomic E-state index is -0.338. The molecule has 3 nitrogen and oxygen atoms in total. The molecule has 19 heavy (non-hydrogen) atoms. The summed E-state index contributed by atoms with van der Waals surface area (Å²) in [6.07, 6.45) is 1.79. The van der Waals surface area contributed by atoms with Crippen LogP contribution in [-0.4, -0.2) is 29.1 Å². The molecule has 1 heterocycles. The Morgan fingerprint density at radius 1 is 1.42 bits per heavy atom. The Kier molecular flexibility index (Phi) is 4.53. The Labute approximate surface area is 112 Å². The fourth-order valence-corrected chi connectivity index (χ4v) is 2.05. The zero-order valence-electron chi connectivity index (χ0n) is 10.7. The molecule has 100 valence electrons. The van der Waals surface area contributed by atoms with Crippen molar-refractivity contribution in [2.45, 2.75) is 25.8 Å². The molecule has 0 atom stereocenters. The zero-order chi connectivity index (χ0) is 13.7. The molecular weight excluding hydrogens is 245 g/mol. The smallest absolute Gasteiger partial charge is 0.222 e. The first-order valence-corrected chi connectivity index (χ1v) is 6.36. The van der Waals surface area contributed by atoms with Crippen LogP contribution in [-0.2, 0) is 11.3 Å². The predicted octanol–water partition coefficient (Wildman–Crippen LogP) is 1.68. The second kappa shape index (κ2) is 6.35. The van der Waals surface area contributed by atoms with Gasteiger partial charge in [-0.3, -0.25) is 4.79 Å². The molecule has 1 aliphatic rings. The van der Waals surface area contributed by atoms with Gasteiger partial charge in [0.05, 0.1) is 6.61 Å². The van der Waals surface area contributed by atoms with E-state index in [1.165, 1.54) is 6.07 Å². The number of hydrogen-bond acceptors (Lipinski definition) is 2. The van der Waals surface area contributed by atoms with E-state index < -0.39 is 0 Å². The van der Waals surface area contributed by atoms with E-state index in [0.29, 0.717) is 37.1 Å². The van der Waals surface area contributed by atoms with Gasteiger partial charge in [0.1, 0.15) is 5.82 Å². The van der Waals surface area contributed by atoms with Crippen LogP contribution in [0.4, 0.5) is 4.39 Å². The molecular formula is C15H16FNO2. The van der Waals surface area contributed by atoms with Gasteiger partial charge < -0.3 is 10.0 Å². The molecule has 2 rings (SSSR count). The van der Waals surface area contributed by atoms with Crippen LogP contribution in [0.1, 0.15) is 30.4 Å². The van der Waals surface area contributed by atoms with Gasteiger partial charge in [0.2, 0.25) is 5.91 Å². The van der Waals surface area contributed by atoms with E-state index in [-0.39, 0.29) is 18.3 Å². The number of benzene rings is 1. The number of nitrogens with zero attached hydrogens (tertiary/aromatic N) is 1. The van der Waals surface area contributed by atoms with Gasteiger partial charge in [0.25, 0.3) is 0 Å². The molecule has 0 bridgehead atoms. The standard InChI is InChI=1S/C15H16FNO2/c16-14-10-12(4-1-2-9-18)6-7-13(14)11-17-8-3-5-15(17)19/h6-7,10,18H,2-3,5,8-9,11H2. The highest BCUT2D eigenvalue weighted by Crippen LogP contribution is 2.17. The Morgan fingerprint density at radius 2 is 2.26 bits per heavy atom. The molecule has 1 aromatic carbocycles. The molecule has 0 aromatic heterocycles. The summed E-state index contributed by atoms with van der Waals surface area (Å²) in [5.41, 5.74) is 1.10. The molecule has 1 N–H and O–H groups in total. The molecule has 0 radical (unpaired) electrons. The van der Waals surface area contributed by atoms with E-state index in [2.05, 4.69) is 11.8 Å². The van der Waals surface area contributed by atoms with Gasteiger partial charge >= 0.3 is 0 Å². The number of hydrogen-bond donors (Lipinski definition) is 1. The molecule has 0 unspecified atom stereocenters. The predicted molar refractivity (Wildman–Crippen MR) is 69.6 cm³/mol. The lowest BCUT2D eigenvalue weighted by molar-refractivity contribution is -0.128. The van der Waals surface area contributed by atoms with Crippen LogP contribution in [0.15, 0.2) is 18.2 Å². The Hall–Kier alpha value is -1.86. The van der Waals surface area contributed by atoms with Crippen molar-refractivity contribution in [2.24, 2.45) is 0 Å². The number of halogens is 1. The van der Waals surface area contributed by atoms with Gasteiger partial charge in [-0.05, 0) is 18.6 Å². The number of carbonyl (C=O) groups excluding carboxylic acids is 1. The SMILES string of the molecule is O=C1CCCN1Cc1ccc(C#CCCO)cc1F. The minimum absolute atomic E-state index is 0.00460. The second-order valence-electron chi connectivity index (χ2n) is 4.50. The van der Waals surface area contributed by atoms with Crippen molar-refractivity contribution in [3.8, 4) is 11.8 Å². The van der Waals surface area contributed by atoms with Crippen LogP contribution in [0.5, 0.6) is 0 Å². The molecule has 1 aromatic rings. The summed E-state index contributed by atoms with van der Waals surface area (Å²) in [4.78, 5) is 13.2. The van der Waals surface area contributed by atoms with Crippen molar-refractivity contribution in [2.75, 3.05) is 13.2 Å². The Bertz CT molecular complexity index is 531. The van der Waals surface area contributed by atoms with Crippen molar-refractivity contribution < 1.29 is 14.3 Å². The summed E-state index contributed by atoms with van der Waals surface area (Å²) in [6.45, 7) is 1.04. The minimum Gasteiger partial charge on any atom is -0.395 e. The van der Waals surface area contributed by atoms with Gasteiger partial charge in [0, 0.05) is 37.1 Å². The molecule has 0 spiro atoms. The van der Waals surface area contributed by atoms with Crippen LogP contribution >= 0.6 is 0 Å². The number of likely N-dealkylation sites (tertiary alicyclic amines) is 1. The molecule has 4 heteroatoms. The van der Waals surface area contributed by atoms with E-state index in [0.717, 1.165) is 6.42 Å². The van der Waals surface area contributed by atoms with Crippen molar-refractivity contribution >= 4 is 5.91 Å². The monoisotopic (exact) mass is 261 g/mol.